The summed E-state index contributed by atoms with van der Waals surface area (Å²) in [6.45, 7) is 2.89. The number of rotatable bonds is 2. The number of amides is 1. The van der Waals surface area contributed by atoms with Crippen molar-refractivity contribution in [3.05, 3.63) is 28.8 Å². The van der Waals surface area contributed by atoms with Gasteiger partial charge in [-0.2, -0.15) is 0 Å². The summed E-state index contributed by atoms with van der Waals surface area (Å²) in [5, 5.41) is 0.689. The molecule has 0 N–H and O–H groups in total. The Morgan fingerprint density at radius 3 is 2.81 bits per heavy atom. The Morgan fingerprint density at radius 1 is 1.38 bits per heavy atom. The lowest BCUT2D eigenvalue weighted by Gasteiger charge is -2.27. The fraction of sp³-hybridized carbons (Fsp3) is 0.462. The van der Waals surface area contributed by atoms with Crippen LogP contribution in [0, 0.1) is 0 Å². The molecule has 2 nitrogen and oxygen atoms in total. The molecule has 1 aromatic rings. The van der Waals surface area contributed by atoms with Crippen molar-refractivity contribution in [1.29, 1.82) is 0 Å². The summed E-state index contributed by atoms with van der Waals surface area (Å²) in [5.41, 5.74) is 2.07. The quantitative estimate of drug-likeness (QED) is 0.772. The molecule has 0 saturated carbocycles. The first-order chi connectivity index (χ1) is 7.72. The van der Waals surface area contributed by atoms with Crippen LogP contribution in [-0.2, 0) is 11.2 Å². The van der Waals surface area contributed by atoms with E-state index in [0.29, 0.717) is 11.4 Å². The molecular weight excluding hydrogens is 222 g/mol. The third-order valence-electron chi connectivity index (χ3n) is 3.03. The zero-order chi connectivity index (χ0) is 11.5. The van der Waals surface area contributed by atoms with E-state index in [1.807, 2.05) is 23.1 Å². The van der Waals surface area contributed by atoms with E-state index in [2.05, 4.69) is 6.92 Å². The van der Waals surface area contributed by atoms with E-state index in [1.54, 1.807) is 0 Å². The minimum Gasteiger partial charge on any atom is -0.311 e. The second-order valence-corrected chi connectivity index (χ2v) is 4.55. The predicted octanol–water partition coefficient (Wildman–Crippen LogP) is 3.42. The summed E-state index contributed by atoms with van der Waals surface area (Å²) in [7, 11) is 0. The van der Waals surface area contributed by atoms with E-state index >= 15 is 0 Å². The molecule has 0 aromatic heterocycles. The Kier molecular flexibility index (Phi) is 3.49. The van der Waals surface area contributed by atoms with E-state index in [0.717, 1.165) is 31.5 Å². The van der Waals surface area contributed by atoms with Crippen molar-refractivity contribution in [2.75, 3.05) is 11.4 Å². The highest BCUT2D eigenvalue weighted by Gasteiger charge is 2.21. The van der Waals surface area contributed by atoms with E-state index in [9.17, 15) is 4.79 Å². The molecule has 16 heavy (non-hydrogen) atoms. The molecule has 1 saturated heterocycles. The highest BCUT2D eigenvalue weighted by molar-refractivity contribution is 6.33. The number of anilines is 1. The van der Waals surface area contributed by atoms with Crippen molar-refractivity contribution in [3.8, 4) is 0 Å². The van der Waals surface area contributed by atoms with Gasteiger partial charge in [-0.05, 0) is 37.0 Å². The van der Waals surface area contributed by atoms with Crippen LogP contribution in [0.2, 0.25) is 5.02 Å². The highest BCUT2D eigenvalue weighted by atomic mass is 35.5. The first kappa shape index (κ1) is 11.5. The third kappa shape index (κ3) is 2.22. The topological polar surface area (TPSA) is 20.3 Å². The van der Waals surface area contributed by atoms with Gasteiger partial charge in [-0.3, -0.25) is 4.79 Å². The normalized spacial score (nSPS) is 16.6. The lowest BCUT2D eigenvalue weighted by Crippen LogP contribution is -2.35. The van der Waals surface area contributed by atoms with Gasteiger partial charge in [0, 0.05) is 13.0 Å². The summed E-state index contributed by atoms with van der Waals surface area (Å²) in [4.78, 5) is 13.6. The van der Waals surface area contributed by atoms with E-state index in [-0.39, 0.29) is 5.91 Å². The number of carbonyl (C=O) groups is 1. The van der Waals surface area contributed by atoms with Crippen LogP contribution in [0.3, 0.4) is 0 Å². The van der Waals surface area contributed by atoms with Crippen molar-refractivity contribution >= 4 is 23.2 Å². The van der Waals surface area contributed by atoms with Crippen LogP contribution in [0.5, 0.6) is 0 Å². The maximum Gasteiger partial charge on any atom is 0.227 e. The summed E-state index contributed by atoms with van der Waals surface area (Å²) in [6.07, 6.45) is 3.68. The molecule has 0 spiro atoms. The maximum atomic E-state index is 11.8. The number of carbonyl (C=O) groups excluding carboxylic acids is 1. The van der Waals surface area contributed by atoms with Crippen molar-refractivity contribution in [3.63, 3.8) is 0 Å². The highest BCUT2D eigenvalue weighted by Crippen LogP contribution is 2.29. The Bertz CT molecular complexity index is 403. The van der Waals surface area contributed by atoms with Gasteiger partial charge in [0.25, 0.3) is 0 Å². The molecule has 0 unspecified atom stereocenters. The van der Waals surface area contributed by atoms with E-state index < -0.39 is 0 Å². The molecule has 86 valence electrons. The van der Waals surface area contributed by atoms with Crippen LogP contribution in [0.15, 0.2) is 18.2 Å². The van der Waals surface area contributed by atoms with Crippen LogP contribution >= 0.6 is 11.6 Å². The zero-order valence-corrected chi connectivity index (χ0v) is 10.3. The van der Waals surface area contributed by atoms with Crippen LogP contribution in [0.4, 0.5) is 5.69 Å². The number of nitrogens with zero attached hydrogens (tertiary/aromatic N) is 1. The number of hydrogen-bond acceptors (Lipinski definition) is 1. The Hall–Kier alpha value is -1.02. The third-order valence-corrected chi connectivity index (χ3v) is 3.34. The molecule has 1 aliphatic rings. The molecule has 1 fully saturated rings. The molecular formula is C13H16ClNO. The summed E-state index contributed by atoms with van der Waals surface area (Å²) in [6, 6.07) is 5.96. The minimum absolute atomic E-state index is 0.192. The Balaban J connectivity index is 2.28. The summed E-state index contributed by atoms with van der Waals surface area (Å²) >= 11 is 6.21. The molecule has 2 rings (SSSR count). The van der Waals surface area contributed by atoms with Crippen molar-refractivity contribution in [2.45, 2.75) is 32.6 Å². The fourth-order valence-corrected chi connectivity index (χ4v) is 2.35. The number of benzene rings is 1. The SMILES string of the molecule is CCc1ccc(N2CCCCC2=O)c(Cl)c1. The van der Waals surface area contributed by atoms with Crippen LogP contribution in [0.25, 0.3) is 0 Å². The minimum atomic E-state index is 0.192. The lowest BCUT2D eigenvalue weighted by molar-refractivity contribution is -0.119. The van der Waals surface area contributed by atoms with Crippen molar-refractivity contribution < 1.29 is 4.79 Å². The lowest BCUT2D eigenvalue weighted by atomic mass is 10.1. The first-order valence-electron chi connectivity index (χ1n) is 5.81. The fourth-order valence-electron chi connectivity index (χ4n) is 2.05. The second kappa shape index (κ2) is 4.88. The molecule has 1 heterocycles. The largest absolute Gasteiger partial charge is 0.311 e. The van der Waals surface area contributed by atoms with Gasteiger partial charge in [-0.25, -0.2) is 0 Å². The van der Waals surface area contributed by atoms with E-state index in [4.69, 9.17) is 11.6 Å². The molecule has 1 aromatic carbocycles. The van der Waals surface area contributed by atoms with E-state index in [1.165, 1.54) is 5.56 Å². The number of hydrogen-bond donors (Lipinski definition) is 0. The molecule has 0 aliphatic carbocycles. The average molecular weight is 238 g/mol. The van der Waals surface area contributed by atoms with Gasteiger partial charge in [0.15, 0.2) is 0 Å². The van der Waals surface area contributed by atoms with Crippen LogP contribution in [-0.4, -0.2) is 12.5 Å². The van der Waals surface area contributed by atoms with Gasteiger partial charge in [0.2, 0.25) is 5.91 Å². The molecule has 1 amide bonds. The van der Waals surface area contributed by atoms with Gasteiger partial charge in [0.05, 0.1) is 10.7 Å². The Labute approximate surface area is 101 Å². The summed E-state index contributed by atoms with van der Waals surface area (Å²) in [5.74, 6) is 0.192. The molecule has 0 bridgehead atoms. The summed E-state index contributed by atoms with van der Waals surface area (Å²) < 4.78 is 0. The Morgan fingerprint density at radius 2 is 2.19 bits per heavy atom. The number of piperidine rings is 1. The number of aryl methyl sites for hydroxylation is 1. The van der Waals surface area contributed by atoms with Gasteiger partial charge < -0.3 is 4.90 Å². The van der Waals surface area contributed by atoms with Gasteiger partial charge >= 0.3 is 0 Å². The van der Waals surface area contributed by atoms with Gasteiger partial charge in [-0.1, -0.05) is 24.6 Å². The molecule has 3 heteroatoms. The first-order valence-corrected chi connectivity index (χ1v) is 6.19. The predicted molar refractivity (Wildman–Crippen MR) is 67.0 cm³/mol. The zero-order valence-electron chi connectivity index (χ0n) is 9.50. The monoisotopic (exact) mass is 237 g/mol. The number of halogens is 1. The maximum absolute atomic E-state index is 11.8. The average Bonchev–Trinajstić information content (AvgIpc) is 2.30. The molecule has 0 radical (unpaired) electrons. The molecule has 0 atom stereocenters. The van der Waals surface area contributed by atoms with Gasteiger partial charge in [-0.15, -0.1) is 0 Å². The van der Waals surface area contributed by atoms with Gasteiger partial charge in [0.1, 0.15) is 0 Å². The van der Waals surface area contributed by atoms with Crippen molar-refractivity contribution in [2.24, 2.45) is 0 Å². The standard InChI is InChI=1S/C13H16ClNO/c1-2-10-6-7-12(11(14)9-10)15-8-4-3-5-13(15)16/h6-7,9H,2-5,8H2,1H3. The van der Waals surface area contributed by atoms with Crippen LogP contribution in [0.1, 0.15) is 31.7 Å². The smallest absolute Gasteiger partial charge is 0.227 e. The molecule has 1 aliphatic heterocycles. The van der Waals surface area contributed by atoms with Crippen LogP contribution < -0.4 is 4.90 Å². The second-order valence-electron chi connectivity index (χ2n) is 4.14. The van der Waals surface area contributed by atoms with Crippen molar-refractivity contribution in [1.82, 2.24) is 0 Å².